The molecule has 0 saturated carbocycles. The van der Waals surface area contributed by atoms with E-state index in [-0.39, 0.29) is 13.2 Å². The van der Waals surface area contributed by atoms with Crippen LogP contribution in [-0.2, 0) is 15.1 Å². The molecule has 0 amide bonds. The van der Waals surface area contributed by atoms with Crippen molar-refractivity contribution in [3.05, 3.63) is 35.9 Å². The van der Waals surface area contributed by atoms with Crippen LogP contribution in [0, 0.1) is 0 Å². The Morgan fingerprint density at radius 1 is 1.36 bits per heavy atom. The minimum atomic E-state index is -1.02. The molecule has 2 rings (SSSR count). The smallest absolute Gasteiger partial charge is 0.430 e. The molecule has 1 aliphatic rings. The van der Waals surface area contributed by atoms with Gasteiger partial charge in [0.2, 0.25) is 0 Å². The van der Waals surface area contributed by atoms with Crippen LogP contribution in [0.15, 0.2) is 30.3 Å². The molecule has 1 aliphatic heterocycles. The molecule has 1 N–H and O–H groups in total. The van der Waals surface area contributed by atoms with Gasteiger partial charge in [-0.3, -0.25) is 0 Å². The third kappa shape index (κ3) is 1.33. The molecule has 0 radical (unpaired) electrons. The fraction of sp³-hybridized carbons (Fsp3) is 0.300. The molecule has 14 heavy (non-hydrogen) atoms. The number of carbonyl (C=O) groups excluding carboxylic acids is 1. The predicted octanol–water partition coefficient (Wildman–Crippen LogP) is 1.04. The molecular formula is C10H10O4. The van der Waals surface area contributed by atoms with Gasteiger partial charge in [0.05, 0.1) is 6.61 Å². The lowest BCUT2D eigenvalue weighted by atomic mass is 9.96. The maximum absolute atomic E-state index is 10.8. The first kappa shape index (κ1) is 9.02. The molecule has 0 aliphatic carbocycles. The molecule has 1 heterocycles. The molecular weight excluding hydrogens is 184 g/mol. The predicted molar refractivity (Wildman–Crippen MR) is 47.6 cm³/mol. The van der Waals surface area contributed by atoms with E-state index in [1.54, 1.807) is 12.1 Å². The minimum Gasteiger partial charge on any atom is -0.430 e. The Kier molecular flexibility index (Phi) is 2.13. The summed E-state index contributed by atoms with van der Waals surface area (Å²) in [5, 5.41) is 9.23. The summed E-state index contributed by atoms with van der Waals surface area (Å²) in [7, 11) is 0. The maximum atomic E-state index is 10.8. The lowest BCUT2D eigenvalue weighted by molar-refractivity contribution is 0.00342. The molecule has 0 spiro atoms. The average Bonchev–Trinajstić information content (AvgIpc) is 2.63. The van der Waals surface area contributed by atoms with Gasteiger partial charge in [0, 0.05) is 5.56 Å². The Morgan fingerprint density at radius 2 is 2.07 bits per heavy atom. The Labute approximate surface area is 81.1 Å². The van der Waals surface area contributed by atoms with Gasteiger partial charge >= 0.3 is 6.16 Å². The van der Waals surface area contributed by atoms with Crippen LogP contribution >= 0.6 is 0 Å². The Morgan fingerprint density at radius 3 is 2.57 bits per heavy atom. The van der Waals surface area contributed by atoms with Crippen LogP contribution in [0.1, 0.15) is 5.56 Å². The van der Waals surface area contributed by atoms with Crippen LogP contribution in [0.4, 0.5) is 4.79 Å². The van der Waals surface area contributed by atoms with Crippen LogP contribution in [0.25, 0.3) is 0 Å². The van der Waals surface area contributed by atoms with E-state index in [4.69, 9.17) is 9.47 Å². The Hall–Kier alpha value is -1.55. The molecule has 0 aromatic heterocycles. The maximum Gasteiger partial charge on any atom is 0.509 e. The van der Waals surface area contributed by atoms with Crippen LogP contribution in [0.3, 0.4) is 0 Å². The molecule has 4 nitrogen and oxygen atoms in total. The number of benzene rings is 1. The lowest BCUT2D eigenvalue weighted by Gasteiger charge is -2.22. The largest absolute Gasteiger partial charge is 0.509 e. The second-order valence-electron chi connectivity index (χ2n) is 3.16. The average molecular weight is 194 g/mol. The Balaban J connectivity index is 2.34. The standard InChI is InChI=1S/C10H10O4/c11-6-10(7-13-9(12)14-10)8-4-2-1-3-5-8/h1-5,11H,6-7H2. The van der Waals surface area contributed by atoms with E-state index in [1.807, 2.05) is 18.2 Å². The zero-order chi connectivity index (χ0) is 10.0. The highest BCUT2D eigenvalue weighted by molar-refractivity contribution is 5.63. The number of ether oxygens (including phenoxy) is 2. The van der Waals surface area contributed by atoms with Crippen molar-refractivity contribution < 1.29 is 19.4 Å². The second-order valence-corrected chi connectivity index (χ2v) is 3.16. The van der Waals surface area contributed by atoms with Crippen molar-refractivity contribution >= 4 is 6.16 Å². The van der Waals surface area contributed by atoms with Crippen molar-refractivity contribution in [2.24, 2.45) is 0 Å². The van der Waals surface area contributed by atoms with Crippen molar-refractivity contribution in [3.8, 4) is 0 Å². The number of hydrogen-bond acceptors (Lipinski definition) is 4. The van der Waals surface area contributed by atoms with Crippen molar-refractivity contribution in [1.82, 2.24) is 0 Å². The van der Waals surface area contributed by atoms with Crippen molar-refractivity contribution in [2.45, 2.75) is 5.60 Å². The monoisotopic (exact) mass is 194 g/mol. The second kappa shape index (κ2) is 3.31. The normalized spacial score (nSPS) is 25.6. The summed E-state index contributed by atoms with van der Waals surface area (Å²) < 4.78 is 9.67. The first-order chi connectivity index (χ1) is 6.77. The SMILES string of the molecule is O=C1OCC(CO)(c2ccccc2)O1. The number of cyclic esters (lactones) is 2. The molecule has 4 heteroatoms. The molecule has 1 saturated heterocycles. The third-order valence-corrected chi connectivity index (χ3v) is 2.26. The number of rotatable bonds is 2. The fourth-order valence-corrected chi connectivity index (χ4v) is 1.45. The zero-order valence-electron chi connectivity index (χ0n) is 7.47. The summed E-state index contributed by atoms with van der Waals surface area (Å²) >= 11 is 0. The van der Waals surface area contributed by atoms with Gasteiger partial charge in [0.25, 0.3) is 0 Å². The van der Waals surface area contributed by atoms with Gasteiger partial charge in [0.1, 0.15) is 6.61 Å². The highest BCUT2D eigenvalue weighted by Crippen LogP contribution is 2.30. The number of aliphatic hydroxyl groups excluding tert-OH is 1. The topological polar surface area (TPSA) is 55.8 Å². The van der Waals surface area contributed by atoms with Crippen molar-refractivity contribution in [3.63, 3.8) is 0 Å². The van der Waals surface area contributed by atoms with Gasteiger partial charge in [-0.1, -0.05) is 30.3 Å². The summed E-state index contributed by atoms with van der Waals surface area (Å²) in [4.78, 5) is 10.8. The van der Waals surface area contributed by atoms with E-state index < -0.39 is 11.8 Å². The van der Waals surface area contributed by atoms with E-state index in [0.29, 0.717) is 0 Å². The quantitative estimate of drug-likeness (QED) is 0.715. The molecule has 1 fully saturated rings. The first-order valence-corrected chi connectivity index (χ1v) is 4.29. The summed E-state index contributed by atoms with van der Waals surface area (Å²) in [6.07, 6.45) is -0.733. The fourth-order valence-electron chi connectivity index (χ4n) is 1.45. The molecule has 74 valence electrons. The molecule has 1 aromatic carbocycles. The van der Waals surface area contributed by atoms with Gasteiger partial charge in [0.15, 0.2) is 5.60 Å². The summed E-state index contributed by atoms with van der Waals surface area (Å²) in [6, 6.07) is 9.07. The molecule has 1 aromatic rings. The van der Waals surface area contributed by atoms with Gasteiger partial charge in [-0.2, -0.15) is 0 Å². The van der Waals surface area contributed by atoms with Gasteiger partial charge in [-0.25, -0.2) is 4.79 Å². The van der Waals surface area contributed by atoms with Crippen LogP contribution in [0.5, 0.6) is 0 Å². The lowest BCUT2D eigenvalue weighted by Crippen LogP contribution is -2.33. The third-order valence-electron chi connectivity index (χ3n) is 2.26. The summed E-state index contributed by atoms with van der Waals surface area (Å²) in [5.74, 6) is 0. The highest BCUT2D eigenvalue weighted by atomic mass is 16.8. The van der Waals surface area contributed by atoms with E-state index in [2.05, 4.69) is 0 Å². The van der Waals surface area contributed by atoms with Crippen molar-refractivity contribution in [1.29, 1.82) is 0 Å². The summed E-state index contributed by atoms with van der Waals surface area (Å²) in [5.41, 5.74) is -0.272. The van der Waals surface area contributed by atoms with Crippen LogP contribution in [-0.4, -0.2) is 24.5 Å². The molecule has 1 unspecified atom stereocenters. The number of aliphatic hydroxyl groups is 1. The first-order valence-electron chi connectivity index (χ1n) is 4.29. The minimum absolute atomic E-state index is 0.0619. The number of hydrogen-bond donors (Lipinski definition) is 1. The van der Waals surface area contributed by atoms with Gasteiger partial charge in [-0.15, -0.1) is 0 Å². The van der Waals surface area contributed by atoms with Crippen LogP contribution in [0.2, 0.25) is 0 Å². The van der Waals surface area contributed by atoms with Crippen LogP contribution < -0.4 is 0 Å². The summed E-state index contributed by atoms with van der Waals surface area (Å²) in [6.45, 7) is -0.213. The number of carbonyl (C=O) groups is 1. The van der Waals surface area contributed by atoms with E-state index in [1.165, 1.54) is 0 Å². The zero-order valence-corrected chi connectivity index (χ0v) is 7.47. The van der Waals surface area contributed by atoms with Gasteiger partial charge in [-0.05, 0) is 0 Å². The van der Waals surface area contributed by atoms with E-state index in [0.717, 1.165) is 5.56 Å². The Bertz CT molecular complexity index is 335. The highest BCUT2D eigenvalue weighted by Gasteiger charge is 2.43. The van der Waals surface area contributed by atoms with Crippen molar-refractivity contribution in [2.75, 3.05) is 13.2 Å². The van der Waals surface area contributed by atoms with E-state index >= 15 is 0 Å². The molecule has 1 atom stereocenters. The van der Waals surface area contributed by atoms with E-state index in [9.17, 15) is 9.90 Å². The van der Waals surface area contributed by atoms with Gasteiger partial charge < -0.3 is 14.6 Å². The molecule has 0 bridgehead atoms.